The Labute approximate surface area is 169 Å². The Hall–Kier alpha value is -2.33. The van der Waals surface area contributed by atoms with Crippen LogP contribution in [0.3, 0.4) is 0 Å². The van der Waals surface area contributed by atoms with E-state index in [0.717, 1.165) is 51.4 Å². The van der Waals surface area contributed by atoms with E-state index < -0.39 is 17.7 Å². The van der Waals surface area contributed by atoms with Crippen molar-refractivity contribution in [1.29, 1.82) is 5.26 Å². The van der Waals surface area contributed by atoms with E-state index in [2.05, 4.69) is 16.1 Å². The van der Waals surface area contributed by atoms with Crippen molar-refractivity contribution >= 4 is 12.1 Å². The quantitative estimate of drug-likeness (QED) is 0.780. The van der Waals surface area contributed by atoms with Crippen LogP contribution >= 0.6 is 0 Å². The van der Waals surface area contributed by atoms with Gasteiger partial charge in [-0.1, -0.05) is 0 Å². The third kappa shape index (κ3) is 3.14. The fourth-order valence-electron chi connectivity index (χ4n) is 5.92. The van der Waals surface area contributed by atoms with Gasteiger partial charge < -0.3 is 4.90 Å². The minimum Gasteiger partial charge on any atom is -0.302 e. The van der Waals surface area contributed by atoms with Crippen LogP contribution in [0, 0.1) is 46.1 Å². The van der Waals surface area contributed by atoms with Gasteiger partial charge in [0.1, 0.15) is 11.6 Å². The molecule has 0 N–H and O–H groups in total. The number of hydrogen-bond acceptors (Lipinski definition) is 4. The number of fused-ring (bicyclic) bond motifs is 1. The molecule has 0 radical (unpaired) electrons. The molecule has 0 aromatic heterocycles. The summed E-state index contributed by atoms with van der Waals surface area (Å²) < 4.78 is 27.4. The number of benzene rings is 1. The number of nitrogens with zero attached hydrogens (tertiary/aromatic N) is 4. The lowest BCUT2D eigenvalue weighted by molar-refractivity contribution is -0.148. The van der Waals surface area contributed by atoms with Crippen LogP contribution in [-0.4, -0.2) is 41.7 Å². The van der Waals surface area contributed by atoms with Crippen molar-refractivity contribution in [2.75, 3.05) is 19.6 Å². The molecule has 2 unspecified atom stereocenters. The number of carbonyl (C=O) groups excluding carboxylic acids is 1. The highest BCUT2D eigenvalue weighted by molar-refractivity contribution is 5.86. The van der Waals surface area contributed by atoms with Crippen molar-refractivity contribution in [2.45, 2.75) is 38.1 Å². The van der Waals surface area contributed by atoms with E-state index in [0.29, 0.717) is 23.8 Å². The van der Waals surface area contributed by atoms with E-state index in [1.807, 2.05) is 0 Å². The molecule has 1 amide bonds. The van der Waals surface area contributed by atoms with Crippen molar-refractivity contribution in [2.24, 2.45) is 28.3 Å². The number of halogens is 2. The molecule has 152 valence electrons. The SMILES string of the molecule is N#CC1CCN(C[C@@H]2CC3(C(=O)N4N=CCC4c4cc(F)cc(F)c4)CC2C3)C1. The van der Waals surface area contributed by atoms with Gasteiger partial charge >= 0.3 is 0 Å². The molecule has 1 saturated heterocycles. The van der Waals surface area contributed by atoms with Crippen LogP contribution in [0.15, 0.2) is 23.3 Å². The molecule has 1 aromatic rings. The second-order valence-electron chi connectivity index (χ2n) is 9.19. The molecule has 4 fully saturated rings. The molecule has 29 heavy (non-hydrogen) atoms. The van der Waals surface area contributed by atoms with Crippen molar-refractivity contribution in [3.05, 3.63) is 35.4 Å². The van der Waals surface area contributed by atoms with Gasteiger partial charge in [-0.2, -0.15) is 10.4 Å². The Morgan fingerprint density at radius 1 is 1.24 bits per heavy atom. The largest absolute Gasteiger partial charge is 0.302 e. The molecule has 7 heteroatoms. The molecule has 5 nitrogen and oxygen atoms in total. The van der Waals surface area contributed by atoms with Crippen LogP contribution in [0.2, 0.25) is 0 Å². The summed E-state index contributed by atoms with van der Waals surface area (Å²) in [5.74, 6) is -0.110. The minimum absolute atomic E-state index is 0.00371. The predicted octanol–water partition coefficient (Wildman–Crippen LogP) is 3.49. The average Bonchev–Trinajstić information content (AvgIpc) is 3.42. The Balaban J connectivity index is 1.27. The van der Waals surface area contributed by atoms with Gasteiger partial charge in [-0.15, -0.1) is 0 Å². The predicted molar refractivity (Wildman–Crippen MR) is 102 cm³/mol. The minimum atomic E-state index is -0.636. The van der Waals surface area contributed by atoms with Crippen LogP contribution in [0.25, 0.3) is 0 Å². The number of hydrazone groups is 1. The highest BCUT2D eigenvalue weighted by Crippen LogP contribution is 2.63. The summed E-state index contributed by atoms with van der Waals surface area (Å²) >= 11 is 0. The third-order valence-corrected chi connectivity index (χ3v) is 7.33. The third-order valence-electron chi connectivity index (χ3n) is 7.33. The number of carbonyl (C=O) groups is 1. The topological polar surface area (TPSA) is 59.7 Å². The zero-order valence-corrected chi connectivity index (χ0v) is 16.2. The van der Waals surface area contributed by atoms with E-state index in [1.54, 1.807) is 6.21 Å². The molecule has 2 bridgehead atoms. The van der Waals surface area contributed by atoms with Crippen LogP contribution in [0.1, 0.15) is 43.7 Å². The standard InChI is InChI=1S/C22H24F2N4O/c23-18-5-15(6-19(24)7-18)20-1-3-26-28(20)21(29)22-8-16(9-22)17(10-22)13-27-4-2-14(11-25)12-27/h3,5-7,14,16-17,20H,1-2,4,8-10,12-13H2/t14?,16?,17-,20?,22?/m0/s1. The first-order chi connectivity index (χ1) is 14.0. The average molecular weight is 398 g/mol. The zero-order chi connectivity index (χ0) is 20.2. The van der Waals surface area contributed by atoms with E-state index in [-0.39, 0.29) is 17.2 Å². The van der Waals surface area contributed by atoms with E-state index >= 15 is 0 Å². The van der Waals surface area contributed by atoms with Gasteiger partial charge in [-0.3, -0.25) is 4.79 Å². The fraction of sp³-hybridized carbons (Fsp3) is 0.591. The molecule has 5 aliphatic rings. The van der Waals surface area contributed by atoms with Crippen molar-refractivity contribution in [1.82, 2.24) is 9.91 Å². The summed E-state index contributed by atoms with van der Waals surface area (Å²) in [7, 11) is 0. The summed E-state index contributed by atoms with van der Waals surface area (Å²) in [4.78, 5) is 15.8. The van der Waals surface area contributed by atoms with Crippen molar-refractivity contribution in [3.8, 4) is 6.07 Å². The summed E-state index contributed by atoms with van der Waals surface area (Å²) in [6.45, 7) is 2.76. The van der Waals surface area contributed by atoms with Gasteiger partial charge in [-0.25, -0.2) is 13.8 Å². The molecule has 1 aromatic carbocycles. The Morgan fingerprint density at radius 3 is 2.69 bits per heavy atom. The smallest absolute Gasteiger partial charge is 0.249 e. The molecule has 3 saturated carbocycles. The van der Waals surface area contributed by atoms with E-state index in [1.165, 1.54) is 17.1 Å². The summed E-state index contributed by atoms with van der Waals surface area (Å²) in [5, 5.41) is 14.9. The molecular weight excluding hydrogens is 374 g/mol. The fourth-order valence-corrected chi connectivity index (χ4v) is 5.92. The van der Waals surface area contributed by atoms with Crippen LogP contribution in [0.4, 0.5) is 8.78 Å². The highest BCUT2D eigenvalue weighted by Gasteiger charge is 2.62. The lowest BCUT2D eigenvalue weighted by Gasteiger charge is -2.40. The van der Waals surface area contributed by atoms with Crippen molar-refractivity contribution in [3.63, 3.8) is 0 Å². The number of rotatable bonds is 4. The first-order valence-corrected chi connectivity index (χ1v) is 10.4. The highest BCUT2D eigenvalue weighted by atomic mass is 19.1. The molecular formula is C22H24F2N4O. The van der Waals surface area contributed by atoms with E-state index in [4.69, 9.17) is 5.26 Å². The van der Waals surface area contributed by atoms with Crippen LogP contribution in [0.5, 0.6) is 0 Å². The second-order valence-corrected chi connectivity index (χ2v) is 9.19. The van der Waals surface area contributed by atoms with E-state index in [9.17, 15) is 13.6 Å². The van der Waals surface area contributed by atoms with Crippen molar-refractivity contribution < 1.29 is 13.6 Å². The molecule has 6 rings (SSSR count). The van der Waals surface area contributed by atoms with Crippen LogP contribution < -0.4 is 0 Å². The van der Waals surface area contributed by atoms with Gasteiger partial charge in [0, 0.05) is 31.8 Å². The summed E-state index contributed by atoms with van der Waals surface area (Å²) in [6.07, 6.45) is 5.68. The maximum atomic E-state index is 13.7. The summed E-state index contributed by atoms with van der Waals surface area (Å²) in [6, 6.07) is 5.35. The number of likely N-dealkylation sites (tertiary alicyclic amines) is 1. The molecule has 0 spiro atoms. The van der Waals surface area contributed by atoms with Gasteiger partial charge in [0.15, 0.2) is 0 Å². The lowest BCUT2D eigenvalue weighted by Crippen LogP contribution is -2.45. The molecule has 3 aliphatic carbocycles. The maximum Gasteiger partial charge on any atom is 0.249 e. The second kappa shape index (κ2) is 6.88. The first-order valence-electron chi connectivity index (χ1n) is 10.4. The Kier molecular flexibility index (Phi) is 4.43. The van der Waals surface area contributed by atoms with Gasteiger partial charge in [-0.05, 0) is 61.8 Å². The normalized spacial score (nSPS) is 35.7. The van der Waals surface area contributed by atoms with Gasteiger partial charge in [0.05, 0.1) is 23.4 Å². The summed E-state index contributed by atoms with van der Waals surface area (Å²) in [5.41, 5.74) is 0.0740. The number of hydrogen-bond donors (Lipinski definition) is 0. The van der Waals surface area contributed by atoms with Gasteiger partial charge in [0.2, 0.25) is 5.91 Å². The zero-order valence-electron chi connectivity index (χ0n) is 16.2. The Morgan fingerprint density at radius 2 is 2.00 bits per heavy atom. The molecule has 2 aliphatic heterocycles. The van der Waals surface area contributed by atoms with Gasteiger partial charge in [0.25, 0.3) is 0 Å². The number of nitriles is 1. The number of amides is 1. The Bertz CT molecular complexity index is 884. The molecule has 2 heterocycles. The maximum absolute atomic E-state index is 13.7. The molecule has 3 atom stereocenters. The first kappa shape index (κ1) is 18.7. The van der Waals surface area contributed by atoms with Crippen LogP contribution in [-0.2, 0) is 4.79 Å². The monoisotopic (exact) mass is 398 g/mol. The lowest BCUT2D eigenvalue weighted by atomic mass is 9.68.